The van der Waals surface area contributed by atoms with Crippen molar-refractivity contribution in [2.24, 2.45) is 17.3 Å². The molecule has 0 saturated heterocycles. The van der Waals surface area contributed by atoms with Gasteiger partial charge in [0.25, 0.3) is 0 Å². The standard InChI is InChI=1S/C26H40N2O4S/c1-16-11-9-7-8-10-12-21(17(2)13-20-15-33-19(4)27-20)28-23(30)14-22(29)26(5,6)25(32)18(3)24(16)31/h8,10,13,15-16,18,21-22,24,29,31H,7,9,11-12,14H2,1-6H3,(H,28,30)/t16-,18+,21-,22-,24-/m0/s1. The lowest BCUT2D eigenvalue weighted by Crippen LogP contribution is -2.47. The first-order valence-corrected chi connectivity index (χ1v) is 12.8. The fraction of sp³-hybridized carbons (Fsp3) is 0.654. The quantitative estimate of drug-likeness (QED) is 0.548. The molecule has 1 aromatic rings. The number of hydrogen-bond acceptors (Lipinski definition) is 6. The van der Waals surface area contributed by atoms with Crippen molar-refractivity contribution in [1.82, 2.24) is 10.3 Å². The van der Waals surface area contributed by atoms with Crippen LogP contribution in [0, 0.1) is 24.2 Å². The molecule has 1 aromatic heterocycles. The molecular formula is C26H40N2O4S. The topological polar surface area (TPSA) is 99.5 Å². The number of nitrogens with zero attached hydrogens (tertiary/aromatic N) is 1. The van der Waals surface area contributed by atoms with E-state index in [2.05, 4.69) is 22.5 Å². The zero-order chi connectivity index (χ0) is 24.8. The molecule has 0 spiro atoms. The Morgan fingerprint density at radius 2 is 1.94 bits per heavy atom. The van der Waals surface area contributed by atoms with Crippen molar-refractivity contribution in [1.29, 1.82) is 0 Å². The molecule has 0 aromatic carbocycles. The van der Waals surface area contributed by atoms with Gasteiger partial charge in [-0.2, -0.15) is 0 Å². The lowest BCUT2D eigenvalue weighted by molar-refractivity contribution is -0.143. The second-order valence-corrected chi connectivity index (χ2v) is 11.1. The van der Waals surface area contributed by atoms with Crippen molar-refractivity contribution in [2.75, 3.05) is 0 Å². The number of nitrogens with one attached hydrogen (secondary N) is 1. The molecule has 0 radical (unpaired) electrons. The van der Waals surface area contributed by atoms with Crippen LogP contribution in [0.3, 0.4) is 0 Å². The minimum absolute atomic E-state index is 0.0269. The molecule has 7 heteroatoms. The van der Waals surface area contributed by atoms with Crippen LogP contribution in [0.5, 0.6) is 0 Å². The van der Waals surface area contributed by atoms with Crippen LogP contribution in [0.2, 0.25) is 0 Å². The largest absolute Gasteiger partial charge is 0.392 e. The first-order chi connectivity index (χ1) is 15.4. The molecule has 0 saturated carbocycles. The molecule has 0 aliphatic carbocycles. The van der Waals surface area contributed by atoms with Crippen LogP contribution in [0.25, 0.3) is 6.08 Å². The third-order valence-electron chi connectivity index (χ3n) is 6.82. The van der Waals surface area contributed by atoms with Gasteiger partial charge in [-0.25, -0.2) is 4.98 Å². The van der Waals surface area contributed by atoms with E-state index in [1.54, 1.807) is 32.1 Å². The highest BCUT2D eigenvalue weighted by Crippen LogP contribution is 2.31. The maximum absolute atomic E-state index is 13.1. The van der Waals surface area contributed by atoms with E-state index in [9.17, 15) is 19.8 Å². The highest BCUT2D eigenvalue weighted by molar-refractivity contribution is 7.09. The molecule has 5 atom stereocenters. The third-order valence-corrected chi connectivity index (χ3v) is 7.61. The molecule has 0 bridgehead atoms. The Morgan fingerprint density at radius 1 is 1.24 bits per heavy atom. The van der Waals surface area contributed by atoms with Gasteiger partial charge in [-0.1, -0.05) is 39.8 Å². The molecular weight excluding hydrogens is 436 g/mol. The normalized spacial score (nSPS) is 30.8. The molecule has 2 rings (SSSR count). The summed E-state index contributed by atoms with van der Waals surface area (Å²) in [5.74, 6) is -1.17. The van der Waals surface area contributed by atoms with Crippen molar-refractivity contribution in [2.45, 2.75) is 91.9 Å². The highest BCUT2D eigenvalue weighted by Gasteiger charge is 2.42. The van der Waals surface area contributed by atoms with E-state index in [4.69, 9.17) is 0 Å². The van der Waals surface area contributed by atoms with Gasteiger partial charge in [0.1, 0.15) is 5.78 Å². The number of amides is 1. The summed E-state index contributed by atoms with van der Waals surface area (Å²) >= 11 is 1.58. The van der Waals surface area contributed by atoms with E-state index in [1.165, 1.54) is 0 Å². The van der Waals surface area contributed by atoms with Crippen LogP contribution in [-0.4, -0.2) is 45.1 Å². The molecule has 1 amide bonds. The number of carbonyl (C=O) groups is 2. The van der Waals surface area contributed by atoms with Crippen LogP contribution in [0.1, 0.15) is 77.4 Å². The van der Waals surface area contributed by atoms with E-state index in [1.807, 2.05) is 32.2 Å². The first-order valence-electron chi connectivity index (χ1n) is 11.9. The Bertz CT molecular complexity index is 873. The Morgan fingerprint density at radius 3 is 2.58 bits per heavy atom. The summed E-state index contributed by atoms with van der Waals surface area (Å²) in [7, 11) is 0. The van der Waals surface area contributed by atoms with Gasteiger partial charge in [0.2, 0.25) is 5.91 Å². The van der Waals surface area contributed by atoms with Gasteiger partial charge in [0.05, 0.1) is 40.8 Å². The zero-order valence-electron chi connectivity index (χ0n) is 20.8. The monoisotopic (exact) mass is 476 g/mol. The number of aryl methyl sites for hydroxylation is 1. The lowest BCUT2D eigenvalue weighted by Gasteiger charge is -2.34. The Kier molecular flexibility index (Phi) is 10.0. The van der Waals surface area contributed by atoms with E-state index >= 15 is 0 Å². The minimum atomic E-state index is -1.15. The Balaban J connectivity index is 2.27. The molecule has 1 aliphatic rings. The summed E-state index contributed by atoms with van der Waals surface area (Å²) in [6.45, 7) is 10.9. The summed E-state index contributed by atoms with van der Waals surface area (Å²) in [6, 6.07) is -0.227. The van der Waals surface area contributed by atoms with E-state index in [0.29, 0.717) is 6.42 Å². The number of aliphatic hydroxyl groups is 2. The third kappa shape index (κ3) is 7.59. The van der Waals surface area contributed by atoms with Crippen LogP contribution < -0.4 is 5.32 Å². The van der Waals surface area contributed by atoms with Gasteiger partial charge in [0, 0.05) is 11.3 Å². The van der Waals surface area contributed by atoms with E-state index in [-0.39, 0.29) is 30.1 Å². The SMILES string of the molecule is CC(=Cc1csc(C)n1)[C@@H]1CC=CCCC[C@H](C)[C@H](O)[C@@H](C)C(=O)C(C)(C)[C@@H](O)CC(=O)N1. The lowest BCUT2D eigenvalue weighted by atomic mass is 9.73. The fourth-order valence-corrected chi connectivity index (χ4v) is 4.87. The second-order valence-electron chi connectivity index (χ2n) is 10.0. The molecule has 1 aliphatic heterocycles. The first kappa shape index (κ1) is 27.4. The highest BCUT2D eigenvalue weighted by atomic mass is 32.1. The summed E-state index contributed by atoms with van der Waals surface area (Å²) < 4.78 is 0. The summed E-state index contributed by atoms with van der Waals surface area (Å²) in [4.78, 5) is 30.5. The molecule has 0 fully saturated rings. The number of allylic oxidation sites excluding steroid dienone is 1. The Labute approximate surface area is 202 Å². The maximum Gasteiger partial charge on any atom is 0.223 e. The van der Waals surface area contributed by atoms with Crippen molar-refractivity contribution in [3.05, 3.63) is 33.8 Å². The number of aliphatic hydroxyl groups excluding tert-OH is 2. The zero-order valence-corrected chi connectivity index (χ0v) is 21.6. The van der Waals surface area contributed by atoms with Gasteiger partial charge in [-0.3, -0.25) is 9.59 Å². The fourth-order valence-electron chi connectivity index (χ4n) is 4.30. The molecule has 6 nitrogen and oxygen atoms in total. The number of ketones is 1. The van der Waals surface area contributed by atoms with Gasteiger partial charge in [-0.05, 0) is 57.1 Å². The van der Waals surface area contributed by atoms with Crippen molar-refractivity contribution in [3.63, 3.8) is 0 Å². The molecule has 33 heavy (non-hydrogen) atoms. The predicted molar refractivity (Wildman–Crippen MR) is 134 cm³/mol. The second kappa shape index (κ2) is 12.0. The average Bonchev–Trinajstić information content (AvgIpc) is 3.16. The average molecular weight is 477 g/mol. The van der Waals surface area contributed by atoms with Gasteiger partial charge in [-0.15, -0.1) is 11.3 Å². The molecule has 3 N–H and O–H groups in total. The van der Waals surface area contributed by atoms with E-state index < -0.39 is 23.5 Å². The van der Waals surface area contributed by atoms with Crippen LogP contribution >= 0.6 is 11.3 Å². The van der Waals surface area contributed by atoms with Crippen molar-refractivity contribution in [3.8, 4) is 0 Å². The molecule has 2 heterocycles. The number of aromatic nitrogens is 1. The van der Waals surface area contributed by atoms with Crippen molar-refractivity contribution >= 4 is 29.1 Å². The molecule has 0 unspecified atom stereocenters. The maximum atomic E-state index is 13.1. The summed E-state index contributed by atoms with van der Waals surface area (Å²) in [6.07, 6.45) is 7.29. The van der Waals surface area contributed by atoms with Crippen LogP contribution in [0.4, 0.5) is 0 Å². The number of thiazole rings is 1. The minimum Gasteiger partial charge on any atom is -0.392 e. The number of carbonyl (C=O) groups excluding carboxylic acids is 2. The number of rotatable bonds is 2. The van der Waals surface area contributed by atoms with Crippen LogP contribution in [0.15, 0.2) is 23.1 Å². The van der Waals surface area contributed by atoms with Crippen LogP contribution in [-0.2, 0) is 9.59 Å². The van der Waals surface area contributed by atoms with Crippen molar-refractivity contribution < 1.29 is 19.8 Å². The smallest absolute Gasteiger partial charge is 0.223 e. The summed E-state index contributed by atoms with van der Waals surface area (Å²) in [5, 5.41) is 27.5. The van der Waals surface area contributed by atoms with Gasteiger partial charge >= 0.3 is 0 Å². The predicted octanol–water partition coefficient (Wildman–Crippen LogP) is 4.45. The van der Waals surface area contributed by atoms with Gasteiger partial charge < -0.3 is 15.5 Å². The summed E-state index contributed by atoms with van der Waals surface area (Å²) in [5.41, 5.74) is 0.704. The van der Waals surface area contributed by atoms with E-state index in [0.717, 1.165) is 35.5 Å². The Hall–Kier alpha value is -1.83. The number of Topliss-reactive ketones (excluding diaryl/α,β-unsaturated/α-hetero) is 1. The molecule has 184 valence electrons. The number of hydrogen-bond donors (Lipinski definition) is 3. The van der Waals surface area contributed by atoms with Gasteiger partial charge in [0.15, 0.2) is 0 Å².